The third-order valence-electron chi connectivity index (χ3n) is 3.33. The van der Waals surface area contributed by atoms with E-state index in [0.29, 0.717) is 13.1 Å². The molecule has 1 aromatic heterocycles. The molecule has 0 unspecified atom stereocenters. The van der Waals surface area contributed by atoms with Gasteiger partial charge in [-0.05, 0) is 38.9 Å². The van der Waals surface area contributed by atoms with Crippen molar-refractivity contribution in [3.05, 3.63) is 27.5 Å². The first-order chi connectivity index (χ1) is 8.67. The number of hydrogen-bond acceptors (Lipinski definition) is 4. The molecular formula is C12H19KN4O2. The first-order valence-corrected chi connectivity index (χ1v) is 6.24. The number of aromatic amines is 1. The normalized spacial score (nSPS) is 17.6. The average Bonchev–Trinajstić information content (AvgIpc) is 2.68. The average molecular weight is 290 g/mol. The van der Waals surface area contributed by atoms with Crippen LogP contribution in [0, 0.1) is 5.21 Å². The van der Waals surface area contributed by atoms with Crippen molar-refractivity contribution >= 4 is 11.9 Å². The summed E-state index contributed by atoms with van der Waals surface area (Å²) >= 11 is 0. The predicted molar refractivity (Wildman–Crippen MR) is 72.5 cm³/mol. The van der Waals surface area contributed by atoms with E-state index in [0.717, 1.165) is 29.4 Å². The van der Waals surface area contributed by atoms with Crippen molar-refractivity contribution in [2.45, 2.75) is 25.8 Å². The Morgan fingerprint density at radius 3 is 2.58 bits per heavy atom. The molecule has 7 heteroatoms. The van der Waals surface area contributed by atoms with E-state index in [1.54, 1.807) is 11.6 Å². The number of nitrogens with one attached hydrogen (secondary N) is 2. The molecule has 1 aliphatic rings. The van der Waals surface area contributed by atoms with Crippen LogP contribution in [0.3, 0.4) is 0 Å². The summed E-state index contributed by atoms with van der Waals surface area (Å²) in [6.07, 6.45) is 5.25. The third-order valence-corrected chi connectivity index (χ3v) is 3.33. The summed E-state index contributed by atoms with van der Waals surface area (Å²) in [5.41, 5.74) is 0.742. The molecule has 0 aromatic carbocycles. The Hall–Kier alpha value is 0.106. The Balaban J connectivity index is 0.00000180. The first-order valence-electron chi connectivity index (χ1n) is 6.24. The number of allylic oxidation sites excluding steroid dienone is 1. The van der Waals surface area contributed by atoms with Crippen LogP contribution in [-0.4, -0.2) is 34.8 Å². The van der Waals surface area contributed by atoms with Crippen molar-refractivity contribution in [2.24, 2.45) is 0 Å². The summed E-state index contributed by atoms with van der Waals surface area (Å²) in [6, 6.07) is 0.104. The van der Waals surface area contributed by atoms with E-state index in [4.69, 9.17) is 0 Å². The summed E-state index contributed by atoms with van der Waals surface area (Å²) in [6.45, 7) is 2.90. The van der Waals surface area contributed by atoms with Gasteiger partial charge < -0.3 is 15.6 Å². The molecule has 1 fully saturated rings. The number of hydrogen-bond donors (Lipinski definition) is 2. The van der Waals surface area contributed by atoms with Gasteiger partial charge in [-0.1, -0.05) is 6.08 Å². The number of imidazole rings is 1. The number of piperidine rings is 1. The second-order valence-electron chi connectivity index (χ2n) is 4.47. The Labute approximate surface area is 155 Å². The third kappa shape index (κ3) is 3.81. The second-order valence-corrected chi connectivity index (χ2v) is 4.47. The van der Waals surface area contributed by atoms with Gasteiger partial charge in [-0.2, -0.15) is 0 Å². The van der Waals surface area contributed by atoms with Crippen LogP contribution in [0.2, 0.25) is 0 Å². The van der Waals surface area contributed by atoms with Crippen LogP contribution in [0.1, 0.15) is 31.5 Å². The molecule has 0 amide bonds. The number of hydroxylamine groups is 2. The molecule has 2 N–H and O–H groups in total. The van der Waals surface area contributed by atoms with Crippen LogP contribution in [-0.2, 0) is 0 Å². The summed E-state index contributed by atoms with van der Waals surface area (Å²) < 4.78 is 1.76. The van der Waals surface area contributed by atoms with Crippen LogP contribution in [0.4, 0.5) is 5.82 Å². The maximum absolute atomic E-state index is 12.0. The minimum Gasteiger partial charge on any atom is -0.785 e. The van der Waals surface area contributed by atoms with E-state index in [-0.39, 0.29) is 63.1 Å². The van der Waals surface area contributed by atoms with Crippen molar-refractivity contribution in [3.63, 3.8) is 0 Å². The predicted octanol–water partition coefficient (Wildman–Crippen LogP) is -1.61. The molecular weight excluding hydrogens is 271 g/mol. The van der Waals surface area contributed by atoms with Crippen LogP contribution in [0.15, 0.2) is 10.9 Å². The van der Waals surface area contributed by atoms with E-state index in [1.807, 2.05) is 19.1 Å². The first kappa shape index (κ1) is 17.2. The van der Waals surface area contributed by atoms with Crippen molar-refractivity contribution < 1.29 is 51.4 Å². The molecule has 0 radical (unpaired) electrons. The van der Waals surface area contributed by atoms with Gasteiger partial charge >= 0.3 is 57.1 Å². The minimum absolute atomic E-state index is 0. The fourth-order valence-corrected chi connectivity index (χ4v) is 2.44. The standard InChI is InChI=1S/C12H19N4O2.K/c1-3-4-10-11(13-2)14-12(17)16(10)9-5-7-15(18)8-6-9;/h3-4,9,13H,5-8H2,1-2H3,(H,14,17);/q-1;+1/b4-3-;. The van der Waals surface area contributed by atoms with Crippen molar-refractivity contribution in [2.75, 3.05) is 25.5 Å². The van der Waals surface area contributed by atoms with Gasteiger partial charge in [0.1, 0.15) is 5.82 Å². The van der Waals surface area contributed by atoms with Crippen LogP contribution in [0.25, 0.3) is 6.08 Å². The van der Waals surface area contributed by atoms with Gasteiger partial charge in [-0.15, -0.1) is 0 Å². The molecule has 100 valence electrons. The maximum Gasteiger partial charge on any atom is 1.00 e. The van der Waals surface area contributed by atoms with Crippen LogP contribution >= 0.6 is 0 Å². The Kier molecular flexibility index (Phi) is 7.02. The van der Waals surface area contributed by atoms with E-state index >= 15 is 0 Å². The molecule has 2 heterocycles. The van der Waals surface area contributed by atoms with Crippen LogP contribution < -0.4 is 62.4 Å². The number of aromatic nitrogens is 2. The van der Waals surface area contributed by atoms with Crippen molar-refractivity contribution in [1.82, 2.24) is 14.6 Å². The van der Waals surface area contributed by atoms with Gasteiger partial charge in [0, 0.05) is 13.1 Å². The summed E-state index contributed by atoms with van der Waals surface area (Å²) in [5.74, 6) is 0.725. The monoisotopic (exact) mass is 290 g/mol. The van der Waals surface area contributed by atoms with E-state index in [2.05, 4.69) is 10.3 Å². The van der Waals surface area contributed by atoms with Gasteiger partial charge in [0.2, 0.25) is 0 Å². The molecule has 6 nitrogen and oxygen atoms in total. The van der Waals surface area contributed by atoms with Gasteiger partial charge in [0.15, 0.2) is 0 Å². The molecule has 19 heavy (non-hydrogen) atoms. The summed E-state index contributed by atoms with van der Waals surface area (Å²) in [7, 11) is 1.78. The maximum atomic E-state index is 12.0. The zero-order valence-corrected chi connectivity index (χ0v) is 14.9. The van der Waals surface area contributed by atoms with Gasteiger partial charge in [0.25, 0.3) is 0 Å². The summed E-state index contributed by atoms with van der Waals surface area (Å²) in [5, 5.41) is 15.2. The smallest absolute Gasteiger partial charge is 0.785 e. The fourth-order valence-electron chi connectivity index (χ4n) is 2.44. The number of anilines is 1. The molecule has 0 saturated carbocycles. The number of rotatable bonds is 3. The molecule has 1 aliphatic heterocycles. The Morgan fingerprint density at radius 2 is 2.05 bits per heavy atom. The van der Waals surface area contributed by atoms with E-state index in [1.165, 1.54) is 0 Å². The molecule has 0 spiro atoms. The zero-order chi connectivity index (χ0) is 13.1. The number of nitrogens with zero attached hydrogens (tertiary/aromatic N) is 2. The molecule has 2 rings (SSSR count). The Morgan fingerprint density at radius 1 is 1.42 bits per heavy atom. The van der Waals surface area contributed by atoms with Gasteiger partial charge in [0.05, 0.1) is 5.69 Å². The molecule has 0 aliphatic carbocycles. The van der Waals surface area contributed by atoms with Crippen molar-refractivity contribution in [1.29, 1.82) is 0 Å². The SMILES string of the molecule is C/C=C\c1c(NC)[nH]c(=O)n1C1CCN([O-])CC1.[K+]. The van der Waals surface area contributed by atoms with Gasteiger partial charge in [-0.3, -0.25) is 9.55 Å². The zero-order valence-electron chi connectivity index (χ0n) is 11.8. The molecule has 0 atom stereocenters. The van der Waals surface area contributed by atoms with Crippen LogP contribution in [0.5, 0.6) is 0 Å². The molecule has 1 aromatic rings. The second kappa shape index (κ2) is 7.77. The molecule has 1 saturated heterocycles. The topological polar surface area (TPSA) is 76.1 Å². The minimum atomic E-state index is -0.114. The number of H-pyrrole nitrogens is 1. The van der Waals surface area contributed by atoms with E-state index < -0.39 is 0 Å². The Bertz CT molecular complexity index is 486. The fraction of sp³-hybridized carbons (Fsp3) is 0.583. The van der Waals surface area contributed by atoms with E-state index in [9.17, 15) is 10.0 Å². The summed E-state index contributed by atoms with van der Waals surface area (Å²) in [4.78, 5) is 14.8. The van der Waals surface area contributed by atoms with Gasteiger partial charge in [-0.25, -0.2) is 4.79 Å². The largest absolute Gasteiger partial charge is 1.00 e. The molecule has 0 bridgehead atoms. The quantitative estimate of drug-likeness (QED) is 0.657. The van der Waals surface area contributed by atoms with Crippen molar-refractivity contribution in [3.8, 4) is 0 Å².